The maximum Gasteiger partial charge on any atom is 0.0638 e. The number of rotatable bonds is 3. The van der Waals surface area contributed by atoms with Gasteiger partial charge in [-0.1, -0.05) is 6.92 Å². The molecule has 1 fully saturated rings. The maximum absolute atomic E-state index is 8.74. The normalized spacial score (nSPS) is 31.0. The van der Waals surface area contributed by atoms with Crippen LogP contribution in [0.15, 0.2) is 0 Å². The van der Waals surface area contributed by atoms with Gasteiger partial charge in [-0.2, -0.15) is 5.26 Å². The molecule has 1 saturated heterocycles. The molecule has 0 bridgehead atoms. The standard InChI is InChI=1S/C11H21N3/c1-3-10(6-7-12)14-8-4-5-11(13)9(14)2/h9-11H,3-6,8,13H2,1-2H3/t9-,10?,11-/m1/s1. The minimum absolute atomic E-state index is 0.288. The van der Waals surface area contributed by atoms with E-state index in [0.29, 0.717) is 18.5 Å². The van der Waals surface area contributed by atoms with Crippen molar-refractivity contribution in [2.24, 2.45) is 5.73 Å². The van der Waals surface area contributed by atoms with E-state index in [1.807, 2.05) is 0 Å². The Labute approximate surface area is 86.9 Å². The van der Waals surface area contributed by atoms with Crippen molar-refractivity contribution in [3.63, 3.8) is 0 Å². The number of hydrogen-bond donors (Lipinski definition) is 1. The Balaban J connectivity index is 2.59. The third kappa shape index (κ3) is 2.46. The molecule has 1 rings (SSSR count). The summed E-state index contributed by atoms with van der Waals surface area (Å²) >= 11 is 0. The highest BCUT2D eigenvalue weighted by Crippen LogP contribution is 2.21. The molecule has 2 N–H and O–H groups in total. The van der Waals surface area contributed by atoms with Crippen molar-refractivity contribution in [2.45, 2.75) is 57.7 Å². The van der Waals surface area contributed by atoms with Crippen LogP contribution in [0.2, 0.25) is 0 Å². The summed E-state index contributed by atoms with van der Waals surface area (Å²) in [5.41, 5.74) is 6.03. The zero-order valence-electron chi connectivity index (χ0n) is 9.24. The van der Waals surface area contributed by atoms with Gasteiger partial charge in [-0.05, 0) is 32.7 Å². The Kier molecular flexibility index (Phi) is 4.37. The van der Waals surface area contributed by atoms with Crippen LogP contribution in [-0.4, -0.2) is 29.6 Å². The van der Waals surface area contributed by atoms with E-state index in [2.05, 4.69) is 24.8 Å². The lowest BCUT2D eigenvalue weighted by Gasteiger charge is -2.41. The van der Waals surface area contributed by atoms with E-state index >= 15 is 0 Å². The molecular formula is C11H21N3. The zero-order chi connectivity index (χ0) is 10.6. The predicted octanol–water partition coefficient (Wildman–Crippen LogP) is 1.49. The van der Waals surface area contributed by atoms with Crippen LogP contribution >= 0.6 is 0 Å². The van der Waals surface area contributed by atoms with E-state index in [0.717, 1.165) is 19.4 Å². The first-order valence-electron chi connectivity index (χ1n) is 5.59. The topological polar surface area (TPSA) is 53.0 Å². The van der Waals surface area contributed by atoms with Crippen LogP contribution in [0, 0.1) is 11.3 Å². The van der Waals surface area contributed by atoms with E-state index in [9.17, 15) is 0 Å². The van der Waals surface area contributed by atoms with Crippen molar-refractivity contribution in [1.29, 1.82) is 5.26 Å². The summed E-state index contributed by atoms with van der Waals surface area (Å²) < 4.78 is 0. The van der Waals surface area contributed by atoms with Crippen molar-refractivity contribution in [1.82, 2.24) is 4.90 Å². The quantitative estimate of drug-likeness (QED) is 0.742. The summed E-state index contributed by atoms with van der Waals surface area (Å²) in [6, 6.07) is 3.39. The highest BCUT2D eigenvalue weighted by molar-refractivity contribution is 4.90. The van der Waals surface area contributed by atoms with Gasteiger partial charge in [-0.15, -0.1) is 0 Å². The van der Waals surface area contributed by atoms with Crippen molar-refractivity contribution in [3.05, 3.63) is 0 Å². The van der Waals surface area contributed by atoms with Gasteiger partial charge in [-0.25, -0.2) is 0 Å². The second-order valence-corrected chi connectivity index (χ2v) is 4.21. The number of nitrogens with two attached hydrogens (primary N) is 1. The molecule has 0 spiro atoms. The molecule has 0 aromatic carbocycles. The van der Waals surface area contributed by atoms with Crippen LogP contribution < -0.4 is 5.73 Å². The van der Waals surface area contributed by atoms with Crippen molar-refractivity contribution < 1.29 is 0 Å². The lowest BCUT2D eigenvalue weighted by molar-refractivity contribution is 0.0892. The SMILES string of the molecule is CCC(CC#N)N1CCC[C@@H](N)[C@H]1C. The van der Waals surface area contributed by atoms with E-state index < -0.39 is 0 Å². The van der Waals surface area contributed by atoms with Gasteiger partial charge < -0.3 is 5.73 Å². The smallest absolute Gasteiger partial charge is 0.0638 e. The van der Waals surface area contributed by atoms with Gasteiger partial charge in [0.05, 0.1) is 12.5 Å². The molecule has 80 valence electrons. The van der Waals surface area contributed by atoms with Gasteiger partial charge in [0.2, 0.25) is 0 Å². The Bertz CT molecular complexity index is 209. The van der Waals surface area contributed by atoms with Crippen LogP contribution in [-0.2, 0) is 0 Å². The monoisotopic (exact) mass is 195 g/mol. The number of likely N-dealkylation sites (tertiary alicyclic amines) is 1. The summed E-state index contributed by atoms with van der Waals surface area (Å²) in [6.07, 6.45) is 3.98. The number of piperidine rings is 1. The van der Waals surface area contributed by atoms with Crippen molar-refractivity contribution in [3.8, 4) is 6.07 Å². The molecule has 1 heterocycles. The molecule has 1 aliphatic heterocycles. The molecule has 14 heavy (non-hydrogen) atoms. The second kappa shape index (κ2) is 5.33. The van der Waals surface area contributed by atoms with E-state index in [1.54, 1.807) is 0 Å². The second-order valence-electron chi connectivity index (χ2n) is 4.21. The fourth-order valence-corrected chi connectivity index (χ4v) is 2.32. The molecular weight excluding hydrogens is 174 g/mol. The van der Waals surface area contributed by atoms with Crippen LogP contribution in [0.5, 0.6) is 0 Å². The minimum atomic E-state index is 0.288. The first-order chi connectivity index (χ1) is 6.70. The number of nitrogens with zero attached hydrogens (tertiary/aromatic N) is 2. The average Bonchev–Trinajstić information content (AvgIpc) is 2.19. The highest BCUT2D eigenvalue weighted by atomic mass is 15.2. The van der Waals surface area contributed by atoms with Crippen molar-refractivity contribution >= 4 is 0 Å². The Hall–Kier alpha value is -0.590. The molecule has 0 radical (unpaired) electrons. The fourth-order valence-electron chi connectivity index (χ4n) is 2.32. The van der Waals surface area contributed by atoms with Crippen LogP contribution in [0.25, 0.3) is 0 Å². The molecule has 1 unspecified atom stereocenters. The summed E-state index contributed by atoms with van der Waals surface area (Å²) in [7, 11) is 0. The maximum atomic E-state index is 8.74. The molecule has 3 heteroatoms. The van der Waals surface area contributed by atoms with Gasteiger partial charge in [0.1, 0.15) is 0 Å². The largest absolute Gasteiger partial charge is 0.326 e. The van der Waals surface area contributed by atoms with E-state index in [4.69, 9.17) is 11.0 Å². The summed E-state index contributed by atoms with van der Waals surface area (Å²) in [4.78, 5) is 2.41. The van der Waals surface area contributed by atoms with Gasteiger partial charge >= 0.3 is 0 Å². The van der Waals surface area contributed by atoms with Crippen molar-refractivity contribution in [2.75, 3.05) is 6.54 Å². The lowest BCUT2D eigenvalue weighted by Crippen LogP contribution is -2.54. The number of hydrogen-bond acceptors (Lipinski definition) is 3. The van der Waals surface area contributed by atoms with Gasteiger partial charge in [-0.3, -0.25) is 4.90 Å². The molecule has 0 aromatic heterocycles. The molecule has 0 aliphatic carbocycles. The van der Waals surface area contributed by atoms with Crippen LogP contribution in [0.3, 0.4) is 0 Å². The van der Waals surface area contributed by atoms with Crippen LogP contribution in [0.1, 0.15) is 39.5 Å². The lowest BCUT2D eigenvalue weighted by atomic mass is 9.95. The Morgan fingerprint density at radius 3 is 2.93 bits per heavy atom. The average molecular weight is 195 g/mol. The van der Waals surface area contributed by atoms with E-state index in [-0.39, 0.29) is 6.04 Å². The minimum Gasteiger partial charge on any atom is -0.326 e. The summed E-state index contributed by atoms with van der Waals surface area (Å²) in [5, 5.41) is 8.74. The molecule has 0 saturated carbocycles. The van der Waals surface area contributed by atoms with Crippen LogP contribution in [0.4, 0.5) is 0 Å². The number of nitriles is 1. The predicted molar refractivity (Wildman–Crippen MR) is 57.7 cm³/mol. The Morgan fingerprint density at radius 2 is 2.36 bits per heavy atom. The van der Waals surface area contributed by atoms with Gasteiger partial charge in [0, 0.05) is 18.1 Å². The third-order valence-electron chi connectivity index (χ3n) is 3.36. The summed E-state index contributed by atoms with van der Waals surface area (Å²) in [6.45, 7) is 5.44. The molecule has 0 amide bonds. The van der Waals surface area contributed by atoms with Gasteiger partial charge in [0.15, 0.2) is 0 Å². The van der Waals surface area contributed by atoms with Gasteiger partial charge in [0.25, 0.3) is 0 Å². The third-order valence-corrected chi connectivity index (χ3v) is 3.36. The Morgan fingerprint density at radius 1 is 1.64 bits per heavy atom. The fraction of sp³-hybridized carbons (Fsp3) is 0.909. The first-order valence-corrected chi connectivity index (χ1v) is 5.59. The molecule has 0 aromatic rings. The molecule has 3 nitrogen and oxygen atoms in total. The molecule has 3 atom stereocenters. The zero-order valence-corrected chi connectivity index (χ0v) is 9.24. The first kappa shape index (κ1) is 11.5. The highest BCUT2D eigenvalue weighted by Gasteiger charge is 2.29. The van der Waals surface area contributed by atoms with E-state index in [1.165, 1.54) is 6.42 Å². The molecule has 1 aliphatic rings. The summed E-state index contributed by atoms with van der Waals surface area (Å²) in [5.74, 6) is 0.